The summed E-state index contributed by atoms with van der Waals surface area (Å²) in [6, 6.07) is 7.13. The molecule has 6 nitrogen and oxygen atoms in total. The van der Waals surface area contributed by atoms with Crippen LogP contribution in [-0.2, 0) is 0 Å². The topological polar surface area (TPSA) is 90.5 Å². The monoisotopic (exact) mass is 377 g/mol. The van der Waals surface area contributed by atoms with Gasteiger partial charge in [0.1, 0.15) is 5.82 Å². The van der Waals surface area contributed by atoms with Crippen molar-refractivity contribution in [3.05, 3.63) is 52.2 Å². The Morgan fingerprint density at radius 2 is 2.12 bits per heavy atom. The van der Waals surface area contributed by atoms with Gasteiger partial charge < -0.3 is 21.1 Å². The van der Waals surface area contributed by atoms with E-state index < -0.39 is 17.8 Å². The molecule has 0 aliphatic carbocycles. The lowest BCUT2D eigenvalue weighted by atomic mass is 10.1. The number of hydrogen-bond donors (Lipinski definition) is 4. The molecule has 2 amide bonds. The molecule has 1 aromatic carbocycles. The van der Waals surface area contributed by atoms with Crippen LogP contribution in [0.2, 0.25) is 0 Å². The number of carbonyl (C=O) groups excluding carboxylic acids is 2. The van der Waals surface area contributed by atoms with Gasteiger partial charge in [0.25, 0.3) is 11.8 Å². The Morgan fingerprint density at radius 3 is 2.81 bits per heavy atom. The minimum Gasteiger partial charge on any atom is -0.391 e. The average molecular weight is 377 g/mol. The summed E-state index contributed by atoms with van der Waals surface area (Å²) in [5.74, 6) is -1.16. The number of anilines is 1. The first-order chi connectivity index (χ1) is 12.4. The molecule has 0 spiro atoms. The van der Waals surface area contributed by atoms with Crippen LogP contribution in [0.15, 0.2) is 30.3 Å². The molecule has 1 fully saturated rings. The molecule has 26 heavy (non-hydrogen) atoms. The summed E-state index contributed by atoms with van der Waals surface area (Å²) in [7, 11) is 0. The molecule has 0 radical (unpaired) electrons. The maximum atomic E-state index is 13.2. The molecule has 2 unspecified atom stereocenters. The number of aliphatic hydroxyl groups is 1. The maximum absolute atomic E-state index is 13.2. The van der Waals surface area contributed by atoms with Gasteiger partial charge >= 0.3 is 0 Å². The number of β-amino-alcohol motifs (C(OH)–C–C–N with tert-alkyl or cyclic N) is 1. The summed E-state index contributed by atoms with van der Waals surface area (Å²) in [6.45, 7) is 3.37. The Balaban J connectivity index is 1.63. The number of halogens is 1. The molecule has 3 rings (SSSR count). The quantitative estimate of drug-likeness (QED) is 0.639. The van der Waals surface area contributed by atoms with Crippen molar-refractivity contribution in [1.82, 2.24) is 10.6 Å². The number of amides is 2. The first-order valence-electron chi connectivity index (χ1n) is 8.28. The zero-order chi connectivity index (χ0) is 18.7. The fraction of sp³-hybridized carbons (Fsp3) is 0.333. The first-order valence-corrected chi connectivity index (χ1v) is 9.10. The second-order valence-corrected chi connectivity index (χ2v) is 7.34. The first kappa shape index (κ1) is 18.5. The van der Waals surface area contributed by atoms with Crippen LogP contribution < -0.4 is 16.0 Å². The van der Waals surface area contributed by atoms with Gasteiger partial charge in [-0.1, -0.05) is 6.07 Å². The largest absolute Gasteiger partial charge is 0.391 e. The van der Waals surface area contributed by atoms with Crippen molar-refractivity contribution < 1.29 is 19.1 Å². The summed E-state index contributed by atoms with van der Waals surface area (Å²) < 4.78 is 13.2. The van der Waals surface area contributed by atoms with Gasteiger partial charge in [-0.05, 0) is 36.8 Å². The average Bonchev–Trinajstić information content (AvgIpc) is 3.18. The highest BCUT2D eigenvalue weighted by Gasteiger charge is 2.25. The lowest BCUT2D eigenvalue weighted by Gasteiger charge is -2.13. The molecule has 138 valence electrons. The van der Waals surface area contributed by atoms with E-state index in [4.69, 9.17) is 0 Å². The number of aliphatic hydroxyl groups excluding tert-OH is 1. The summed E-state index contributed by atoms with van der Waals surface area (Å²) in [4.78, 5) is 25.1. The second kappa shape index (κ2) is 7.94. The highest BCUT2D eigenvalue weighted by atomic mass is 32.1. The Kier molecular flexibility index (Phi) is 5.65. The maximum Gasteiger partial charge on any atom is 0.261 e. The number of thiophene rings is 1. The molecular formula is C18H20FN3O3S. The number of aryl methyl sites for hydroxylation is 1. The summed E-state index contributed by atoms with van der Waals surface area (Å²) in [5.41, 5.74) is 0.955. The summed E-state index contributed by atoms with van der Waals surface area (Å²) in [5, 5.41) is 18.9. The predicted octanol–water partition coefficient (Wildman–Crippen LogP) is 1.76. The van der Waals surface area contributed by atoms with E-state index in [0.717, 1.165) is 23.0 Å². The molecule has 1 aliphatic rings. The van der Waals surface area contributed by atoms with Crippen LogP contribution in [-0.4, -0.2) is 42.7 Å². The molecule has 1 aliphatic heterocycles. The highest BCUT2D eigenvalue weighted by molar-refractivity contribution is 7.18. The molecule has 8 heteroatoms. The molecular weight excluding hydrogens is 357 g/mol. The number of rotatable bonds is 5. The smallest absolute Gasteiger partial charge is 0.261 e. The van der Waals surface area contributed by atoms with Crippen LogP contribution in [0.25, 0.3) is 0 Å². The van der Waals surface area contributed by atoms with E-state index in [1.807, 2.05) is 0 Å². The predicted molar refractivity (Wildman–Crippen MR) is 98.1 cm³/mol. The second-order valence-electron chi connectivity index (χ2n) is 6.28. The fourth-order valence-electron chi connectivity index (χ4n) is 2.81. The van der Waals surface area contributed by atoms with Gasteiger partial charge in [0.05, 0.1) is 16.0 Å². The zero-order valence-corrected chi connectivity index (χ0v) is 15.0. The van der Waals surface area contributed by atoms with Gasteiger partial charge in [-0.3, -0.25) is 9.59 Å². The van der Waals surface area contributed by atoms with Crippen molar-refractivity contribution >= 4 is 28.2 Å². The minimum absolute atomic E-state index is 0.00799. The molecule has 1 aromatic heterocycles. The molecule has 0 bridgehead atoms. The summed E-state index contributed by atoms with van der Waals surface area (Å²) >= 11 is 1.16. The molecule has 2 atom stereocenters. The molecule has 4 N–H and O–H groups in total. The lowest BCUT2D eigenvalue weighted by molar-refractivity contribution is 0.0929. The number of hydrogen-bond acceptors (Lipinski definition) is 5. The van der Waals surface area contributed by atoms with E-state index in [1.165, 1.54) is 18.2 Å². The normalized spacial score (nSPS) is 19.3. The minimum atomic E-state index is -0.483. The van der Waals surface area contributed by atoms with E-state index in [-0.39, 0.29) is 17.4 Å². The molecule has 2 heterocycles. The Labute approximate surface area is 154 Å². The number of benzene rings is 1. The van der Waals surface area contributed by atoms with Crippen molar-refractivity contribution in [3.8, 4) is 0 Å². The SMILES string of the molecule is Cc1cc(NC(=O)c2cccc(F)c2)sc1C(=O)NCC1CNCC1O. The Bertz CT molecular complexity index is 824. The van der Waals surface area contributed by atoms with E-state index in [2.05, 4.69) is 16.0 Å². The Morgan fingerprint density at radius 1 is 1.31 bits per heavy atom. The van der Waals surface area contributed by atoms with E-state index >= 15 is 0 Å². The van der Waals surface area contributed by atoms with Crippen LogP contribution in [0.5, 0.6) is 0 Å². The lowest BCUT2D eigenvalue weighted by Crippen LogP contribution is -2.34. The van der Waals surface area contributed by atoms with Crippen LogP contribution in [0.3, 0.4) is 0 Å². The van der Waals surface area contributed by atoms with Gasteiger partial charge in [-0.25, -0.2) is 4.39 Å². The van der Waals surface area contributed by atoms with Crippen LogP contribution in [0.1, 0.15) is 25.6 Å². The van der Waals surface area contributed by atoms with Crippen molar-refractivity contribution in [3.63, 3.8) is 0 Å². The fourth-order valence-corrected chi connectivity index (χ4v) is 3.80. The molecule has 2 aromatic rings. The third-order valence-electron chi connectivity index (χ3n) is 4.28. The van der Waals surface area contributed by atoms with Crippen LogP contribution in [0.4, 0.5) is 9.39 Å². The van der Waals surface area contributed by atoms with Gasteiger partial charge in [-0.2, -0.15) is 0 Å². The van der Waals surface area contributed by atoms with E-state index in [1.54, 1.807) is 13.0 Å². The molecule has 1 saturated heterocycles. The van der Waals surface area contributed by atoms with Gasteiger partial charge in [0.2, 0.25) is 0 Å². The van der Waals surface area contributed by atoms with Gasteiger partial charge in [-0.15, -0.1) is 11.3 Å². The number of carbonyl (C=O) groups is 2. The number of nitrogens with one attached hydrogen (secondary N) is 3. The van der Waals surface area contributed by atoms with E-state index in [0.29, 0.717) is 29.5 Å². The van der Waals surface area contributed by atoms with Gasteiger partial charge in [0, 0.05) is 31.1 Å². The van der Waals surface area contributed by atoms with Crippen molar-refractivity contribution in [2.75, 3.05) is 25.0 Å². The third-order valence-corrected chi connectivity index (χ3v) is 5.43. The van der Waals surface area contributed by atoms with Crippen molar-refractivity contribution in [2.24, 2.45) is 5.92 Å². The van der Waals surface area contributed by atoms with Crippen molar-refractivity contribution in [1.29, 1.82) is 0 Å². The van der Waals surface area contributed by atoms with Crippen LogP contribution >= 0.6 is 11.3 Å². The molecule has 0 saturated carbocycles. The van der Waals surface area contributed by atoms with Gasteiger partial charge in [0.15, 0.2) is 0 Å². The standard InChI is InChI=1S/C18H20FN3O3S/c1-10-5-15(22-17(24)11-3-2-4-13(19)6-11)26-16(10)18(25)21-8-12-7-20-9-14(12)23/h2-6,12,14,20,23H,7-9H2,1H3,(H,21,25)(H,22,24). The van der Waals surface area contributed by atoms with Crippen molar-refractivity contribution in [2.45, 2.75) is 13.0 Å². The summed E-state index contributed by atoms with van der Waals surface area (Å²) in [6.07, 6.45) is -0.458. The Hall–Kier alpha value is -2.29. The van der Waals surface area contributed by atoms with E-state index in [9.17, 15) is 19.1 Å². The third kappa shape index (κ3) is 4.27. The van der Waals surface area contributed by atoms with Crippen LogP contribution in [0, 0.1) is 18.7 Å². The zero-order valence-electron chi connectivity index (χ0n) is 14.2. The highest BCUT2D eigenvalue weighted by Crippen LogP contribution is 2.27.